The van der Waals surface area contributed by atoms with Crippen molar-refractivity contribution in [2.75, 3.05) is 5.32 Å². The van der Waals surface area contributed by atoms with Gasteiger partial charge in [-0.1, -0.05) is 17.9 Å². The number of rotatable bonds is 3. The molecular weight excluding hydrogens is 336 g/mol. The largest absolute Gasteiger partial charge is 0.332 e. The number of benzene rings is 1. The van der Waals surface area contributed by atoms with Gasteiger partial charge in [0, 0.05) is 41.3 Å². The van der Waals surface area contributed by atoms with E-state index in [9.17, 15) is 4.79 Å². The molecule has 0 bridgehead atoms. The van der Waals surface area contributed by atoms with Crippen LogP contribution in [0.15, 0.2) is 55.2 Å². The summed E-state index contributed by atoms with van der Waals surface area (Å²) in [5.41, 5.74) is 3.26. The van der Waals surface area contributed by atoms with Crippen LogP contribution in [0.1, 0.15) is 52.4 Å². The average molecular weight is 356 g/mol. The summed E-state index contributed by atoms with van der Waals surface area (Å²) in [5.74, 6) is 6.62. The van der Waals surface area contributed by atoms with Gasteiger partial charge in [0.25, 0.3) is 5.91 Å². The van der Waals surface area contributed by atoms with Crippen LogP contribution < -0.4 is 5.32 Å². The summed E-state index contributed by atoms with van der Waals surface area (Å²) in [6, 6.07) is 9.82. The van der Waals surface area contributed by atoms with Crippen molar-refractivity contribution in [3.63, 3.8) is 0 Å². The highest BCUT2D eigenvalue weighted by Crippen LogP contribution is 2.31. The number of carbonyl (C=O) groups excluding carboxylic acids is 1. The van der Waals surface area contributed by atoms with Crippen LogP contribution >= 0.6 is 0 Å². The summed E-state index contributed by atoms with van der Waals surface area (Å²) < 4.78 is 2.08. The molecule has 1 aliphatic carbocycles. The molecule has 0 unspecified atom stereocenters. The van der Waals surface area contributed by atoms with Crippen LogP contribution in [-0.4, -0.2) is 20.4 Å². The standard InChI is InChI=1S/C22H20N4O/c1-16-7-9-19(12-18(16)10-8-17-4-3-11-23-13-17)22(27)25-21-14-26(15-24-21)20-5-2-6-20/h3-4,7,9,11-15,20H,2,5-6H2,1H3,(H,25,27). The first kappa shape index (κ1) is 17.0. The van der Waals surface area contributed by atoms with Crippen molar-refractivity contribution in [1.82, 2.24) is 14.5 Å². The fourth-order valence-electron chi connectivity index (χ4n) is 2.95. The van der Waals surface area contributed by atoms with E-state index in [1.54, 1.807) is 18.7 Å². The molecule has 1 saturated carbocycles. The molecule has 0 saturated heterocycles. The minimum absolute atomic E-state index is 0.182. The van der Waals surface area contributed by atoms with Crippen molar-refractivity contribution in [1.29, 1.82) is 0 Å². The molecule has 1 amide bonds. The normalized spacial score (nSPS) is 13.4. The van der Waals surface area contributed by atoms with Crippen LogP contribution in [-0.2, 0) is 0 Å². The Hall–Kier alpha value is -3.39. The van der Waals surface area contributed by atoms with E-state index in [4.69, 9.17) is 0 Å². The van der Waals surface area contributed by atoms with Crippen LogP contribution in [0.25, 0.3) is 0 Å². The van der Waals surface area contributed by atoms with Gasteiger partial charge in [-0.05, 0) is 56.0 Å². The van der Waals surface area contributed by atoms with Crippen LogP contribution in [0.5, 0.6) is 0 Å². The van der Waals surface area contributed by atoms with Crippen LogP contribution in [0, 0.1) is 18.8 Å². The van der Waals surface area contributed by atoms with Crippen LogP contribution in [0.2, 0.25) is 0 Å². The number of hydrogen-bond acceptors (Lipinski definition) is 3. The molecule has 0 atom stereocenters. The number of imidazole rings is 1. The Labute approximate surface area is 158 Å². The molecule has 134 valence electrons. The molecule has 0 radical (unpaired) electrons. The van der Waals surface area contributed by atoms with Crippen molar-refractivity contribution in [3.05, 3.63) is 77.5 Å². The van der Waals surface area contributed by atoms with Crippen LogP contribution in [0.3, 0.4) is 0 Å². The summed E-state index contributed by atoms with van der Waals surface area (Å²) >= 11 is 0. The van der Waals surface area contributed by atoms with Gasteiger partial charge in [0.1, 0.15) is 0 Å². The molecule has 0 spiro atoms. The second-order valence-electron chi connectivity index (χ2n) is 6.77. The quantitative estimate of drug-likeness (QED) is 0.723. The predicted octanol–water partition coefficient (Wildman–Crippen LogP) is 3.96. The van der Waals surface area contributed by atoms with E-state index < -0.39 is 0 Å². The maximum Gasteiger partial charge on any atom is 0.256 e. The molecule has 27 heavy (non-hydrogen) atoms. The Morgan fingerprint density at radius 2 is 2.15 bits per heavy atom. The first-order valence-electron chi connectivity index (χ1n) is 9.06. The zero-order chi connectivity index (χ0) is 18.6. The third-order valence-electron chi connectivity index (χ3n) is 4.84. The number of pyridine rings is 1. The summed E-state index contributed by atoms with van der Waals surface area (Å²) in [6.45, 7) is 1.98. The van der Waals surface area contributed by atoms with Crippen molar-refractivity contribution < 1.29 is 4.79 Å². The van der Waals surface area contributed by atoms with E-state index in [0.29, 0.717) is 17.4 Å². The third kappa shape index (κ3) is 3.90. The molecule has 1 fully saturated rings. The Bertz CT molecular complexity index is 1020. The number of aryl methyl sites for hydroxylation is 1. The Morgan fingerprint density at radius 1 is 1.26 bits per heavy atom. The Kier molecular flexibility index (Phi) is 4.71. The summed E-state index contributed by atoms with van der Waals surface area (Å²) in [7, 11) is 0. The van der Waals surface area contributed by atoms with Crippen molar-refractivity contribution in [2.45, 2.75) is 32.2 Å². The van der Waals surface area contributed by atoms with Crippen molar-refractivity contribution in [2.24, 2.45) is 0 Å². The minimum Gasteiger partial charge on any atom is -0.332 e. The number of nitrogens with zero attached hydrogens (tertiary/aromatic N) is 3. The van der Waals surface area contributed by atoms with E-state index in [1.165, 1.54) is 19.3 Å². The molecule has 1 aliphatic rings. The number of amides is 1. The maximum absolute atomic E-state index is 12.6. The van der Waals surface area contributed by atoms with Gasteiger partial charge in [0.2, 0.25) is 0 Å². The fraction of sp³-hybridized carbons (Fsp3) is 0.227. The van der Waals surface area contributed by atoms with E-state index in [-0.39, 0.29) is 5.91 Å². The van der Waals surface area contributed by atoms with Gasteiger partial charge in [-0.15, -0.1) is 0 Å². The molecule has 1 N–H and O–H groups in total. The van der Waals surface area contributed by atoms with Crippen molar-refractivity contribution >= 4 is 11.7 Å². The summed E-state index contributed by atoms with van der Waals surface area (Å²) in [5, 5.41) is 2.87. The summed E-state index contributed by atoms with van der Waals surface area (Å²) in [4.78, 5) is 21.0. The SMILES string of the molecule is Cc1ccc(C(=O)Nc2cn(C3CCC3)cn2)cc1C#Cc1cccnc1. The Balaban J connectivity index is 1.50. The zero-order valence-electron chi connectivity index (χ0n) is 15.1. The van der Waals surface area contributed by atoms with Crippen LogP contribution in [0.4, 0.5) is 5.82 Å². The number of hydrogen-bond donors (Lipinski definition) is 1. The lowest BCUT2D eigenvalue weighted by Crippen LogP contribution is -2.15. The first-order chi connectivity index (χ1) is 13.2. The van der Waals surface area contributed by atoms with Gasteiger partial charge in [0.15, 0.2) is 5.82 Å². The topological polar surface area (TPSA) is 59.8 Å². The van der Waals surface area contributed by atoms with E-state index in [2.05, 4.69) is 31.7 Å². The smallest absolute Gasteiger partial charge is 0.256 e. The second-order valence-corrected chi connectivity index (χ2v) is 6.77. The molecule has 3 aromatic rings. The van der Waals surface area contributed by atoms with Gasteiger partial charge in [-0.3, -0.25) is 9.78 Å². The molecule has 2 aromatic heterocycles. The molecule has 2 heterocycles. The highest BCUT2D eigenvalue weighted by molar-refractivity contribution is 6.04. The molecular formula is C22H20N4O. The molecule has 4 rings (SSSR count). The number of nitrogens with one attached hydrogen (secondary N) is 1. The lowest BCUT2D eigenvalue weighted by Gasteiger charge is -2.26. The van der Waals surface area contributed by atoms with Gasteiger partial charge < -0.3 is 9.88 Å². The van der Waals surface area contributed by atoms with E-state index >= 15 is 0 Å². The Morgan fingerprint density at radius 3 is 2.89 bits per heavy atom. The summed E-state index contributed by atoms with van der Waals surface area (Å²) in [6.07, 6.45) is 10.8. The number of anilines is 1. The lowest BCUT2D eigenvalue weighted by atomic mass is 9.93. The zero-order valence-corrected chi connectivity index (χ0v) is 15.1. The predicted molar refractivity (Wildman–Crippen MR) is 104 cm³/mol. The highest BCUT2D eigenvalue weighted by Gasteiger charge is 2.19. The first-order valence-corrected chi connectivity index (χ1v) is 9.06. The highest BCUT2D eigenvalue weighted by atomic mass is 16.1. The van der Waals surface area contributed by atoms with Crippen molar-refractivity contribution in [3.8, 4) is 11.8 Å². The fourth-order valence-corrected chi connectivity index (χ4v) is 2.95. The third-order valence-corrected chi connectivity index (χ3v) is 4.84. The van der Waals surface area contributed by atoms with Gasteiger partial charge in [-0.2, -0.15) is 0 Å². The monoisotopic (exact) mass is 356 g/mol. The minimum atomic E-state index is -0.182. The molecule has 5 heteroatoms. The second kappa shape index (κ2) is 7.46. The van der Waals surface area contributed by atoms with Gasteiger partial charge in [0.05, 0.1) is 6.33 Å². The molecule has 0 aliphatic heterocycles. The molecule has 5 nitrogen and oxygen atoms in total. The maximum atomic E-state index is 12.6. The van der Waals surface area contributed by atoms with E-state index in [1.807, 2.05) is 43.5 Å². The molecule has 1 aromatic carbocycles. The average Bonchev–Trinajstić information content (AvgIpc) is 3.08. The lowest BCUT2D eigenvalue weighted by molar-refractivity contribution is 0.102. The number of aromatic nitrogens is 3. The van der Waals surface area contributed by atoms with Gasteiger partial charge in [-0.25, -0.2) is 4.98 Å². The number of carbonyl (C=O) groups is 1. The van der Waals surface area contributed by atoms with Gasteiger partial charge >= 0.3 is 0 Å². The van der Waals surface area contributed by atoms with E-state index in [0.717, 1.165) is 16.7 Å².